The average Bonchev–Trinajstić information content (AvgIpc) is 3.04. The SMILES string of the molecule is Cc1cc([C@@](C)(O)CNC(=O)CC[C@H]2CCCO2)c(C)o1. The maximum Gasteiger partial charge on any atom is 0.220 e. The summed E-state index contributed by atoms with van der Waals surface area (Å²) in [6.07, 6.45) is 3.52. The number of ether oxygens (including phenoxy) is 1. The summed E-state index contributed by atoms with van der Waals surface area (Å²) in [5.74, 6) is 1.39. The lowest BCUT2D eigenvalue weighted by molar-refractivity contribution is -0.122. The molecule has 0 saturated carbocycles. The number of nitrogens with one attached hydrogen (secondary N) is 1. The molecule has 0 spiro atoms. The van der Waals surface area contributed by atoms with Gasteiger partial charge in [0.2, 0.25) is 5.91 Å². The van der Waals surface area contributed by atoms with E-state index in [1.54, 1.807) is 6.92 Å². The standard InChI is InChI=1S/C16H25NO4/c1-11-9-14(12(2)21-11)16(3,19)10-17-15(18)7-6-13-5-4-8-20-13/h9,13,19H,4-8,10H2,1-3H3,(H,17,18)/t13-,16+/m1/s1. The second-order valence-electron chi connectivity index (χ2n) is 6.05. The molecule has 2 heterocycles. The Morgan fingerprint density at radius 1 is 1.52 bits per heavy atom. The van der Waals surface area contributed by atoms with Crippen LogP contribution in [0.4, 0.5) is 0 Å². The number of carbonyl (C=O) groups excluding carboxylic acids is 1. The van der Waals surface area contributed by atoms with E-state index in [-0.39, 0.29) is 18.6 Å². The Morgan fingerprint density at radius 3 is 2.86 bits per heavy atom. The van der Waals surface area contributed by atoms with Crippen LogP contribution in [0.3, 0.4) is 0 Å². The number of aryl methyl sites for hydroxylation is 2. The molecule has 2 N–H and O–H groups in total. The maximum absolute atomic E-state index is 11.9. The van der Waals surface area contributed by atoms with Crippen LogP contribution < -0.4 is 5.32 Å². The maximum atomic E-state index is 11.9. The summed E-state index contributed by atoms with van der Waals surface area (Å²) in [5, 5.41) is 13.3. The average molecular weight is 295 g/mol. The molecule has 0 radical (unpaired) electrons. The van der Waals surface area contributed by atoms with Crippen LogP contribution in [0.1, 0.15) is 49.7 Å². The molecular formula is C16H25NO4. The van der Waals surface area contributed by atoms with Crippen LogP contribution in [0.25, 0.3) is 0 Å². The van der Waals surface area contributed by atoms with Crippen molar-refractivity contribution >= 4 is 5.91 Å². The third-order valence-corrected chi connectivity index (χ3v) is 3.97. The van der Waals surface area contributed by atoms with Gasteiger partial charge in [-0.05, 0) is 46.1 Å². The zero-order valence-electron chi connectivity index (χ0n) is 13.1. The topological polar surface area (TPSA) is 71.7 Å². The molecule has 1 aliphatic rings. The highest BCUT2D eigenvalue weighted by Crippen LogP contribution is 2.26. The van der Waals surface area contributed by atoms with Crippen molar-refractivity contribution in [2.45, 2.75) is 58.2 Å². The van der Waals surface area contributed by atoms with Gasteiger partial charge in [-0.3, -0.25) is 4.79 Å². The molecule has 2 atom stereocenters. The number of amides is 1. The quantitative estimate of drug-likeness (QED) is 0.844. The van der Waals surface area contributed by atoms with Crippen molar-refractivity contribution < 1.29 is 19.1 Å². The Labute approximate surface area is 125 Å². The molecule has 2 rings (SSSR count). The monoisotopic (exact) mass is 295 g/mol. The van der Waals surface area contributed by atoms with E-state index in [0.717, 1.165) is 37.2 Å². The summed E-state index contributed by atoms with van der Waals surface area (Å²) >= 11 is 0. The van der Waals surface area contributed by atoms with E-state index in [2.05, 4.69) is 5.32 Å². The van der Waals surface area contributed by atoms with Crippen molar-refractivity contribution in [3.63, 3.8) is 0 Å². The molecular weight excluding hydrogens is 270 g/mol. The molecule has 1 fully saturated rings. The van der Waals surface area contributed by atoms with Gasteiger partial charge in [-0.2, -0.15) is 0 Å². The van der Waals surface area contributed by atoms with Crippen molar-refractivity contribution in [2.75, 3.05) is 13.2 Å². The molecule has 1 aromatic heterocycles. The van der Waals surface area contributed by atoms with Crippen LogP contribution >= 0.6 is 0 Å². The predicted octanol–water partition coefficient (Wildman–Crippen LogP) is 2.18. The number of aliphatic hydroxyl groups is 1. The van der Waals surface area contributed by atoms with E-state index >= 15 is 0 Å². The van der Waals surface area contributed by atoms with Crippen molar-refractivity contribution in [1.82, 2.24) is 5.32 Å². The Bertz CT molecular complexity index is 486. The fourth-order valence-corrected chi connectivity index (χ4v) is 2.78. The van der Waals surface area contributed by atoms with Gasteiger partial charge >= 0.3 is 0 Å². The number of furan rings is 1. The van der Waals surface area contributed by atoms with Crippen LogP contribution in [0, 0.1) is 13.8 Å². The number of hydrogen-bond acceptors (Lipinski definition) is 4. The van der Waals surface area contributed by atoms with Crippen LogP contribution in [-0.2, 0) is 15.1 Å². The molecule has 1 aliphatic heterocycles. The van der Waals surface area contributed by atoms with Crippen molar-refractivity contribution in [1.29, 1.82) is 0 Å². The van der Waals surface area contributed by atoms with Gasteiger partial charge in [-0.25, -0.2) is 0 Å². The zero-order chi connectivity index (χ0) is 15.5. The first-order valence-corrected chi connectivity index (χ1v) is 7.56. The molecule has 1 saturated heterocycles. The minimum atomic E-state index is -1.12. The predicted molar refractivity (Wildman–Crippen MR) is 79.0 cm³/mol. The fourth-order valence-electron chi connectivity index (χ4n) is 2.78. The molecule has 1 aromatic rings. The van der Waals surface area contributed by atoms with E-state index in [0.29, 0.717) is 12.2 Å². The minimum absolute atomic E-state index is 0.0522. The Hall–Kier alpha value is -1.33. The van der Waals surface area contributed by atoms with Gasteiger partial charge in [0.1, 0.15) is 17.1 Å². The third-order valence-electron chi connectivity index (χ3n) is 3.97. The first-order chi connectivity index (χ1) is 9.88. The van der Waals surface area contributed by atoms with E-state index in [9.17, 15) is 9.90 Å². The van der Waals surface area contributed by atoms with E-state index in [1.807, 2.05) is 19.9 Å². The summed E-state index contributed by atoms with van der Waals surface area (Å²) in [7, 11) is 0. The molecule has 21 heavy (non-hydrogen) atoms. The Kier molecular flexibility index (Phi) is 5.06. The number of rotatable bonds is 6. The molecule has 0 unspecified atom stereocenters. The fraction of sp³-hybridized carbons (Fsp3) is 0.688. The molecule has 5 nitrogen and oxygen atoms in total. The van der Waals surface area contributed by atoms with Gasteiger partial charge in [0.15, 0.2) is 0 Å². The summed E-state index contributed by atoms with van der Waals surface area (Å²) in [6.45, 7) is 6.32. The lowest BCUT2D eigenvalue weighted by Gasteiger charge is -2.23. The van der Waals surface area contributed by atoms with Crippen LogP contribution in [-0.4, -0.2) is 30.3 Å². The van der Waals surface area contributed by atoms with Crippen molar-refractivity contribution in [3.05, 3.63) is 23.2 Å². The zero-order valence-corrected chi connectivity index (χ0v) is 13.1. The van der Waals surface area contributed by atoms with Gasteiger partial charge < -0.3 is 19.6 Å². The minimum Gasteiger partial charge on any atom is -0.466 e. The smallest absolute Gasteiger partial charge is 0.220 e. The lowest BCUT2D eigenvalue weighted by Crippen LogP contribution is -2.38. The summed E-state index contributed by atoms with van der Waals surface area (Å²) < 4.78 is 10.9. The molecule has 0 aliphatic carbocycles. The van der Waals surface area contributed by atoms with E-state index < -0.39 is 5.60 Å². The summed E-state index contributed by atoms with van der Waals surface area (Å²) in [4.78, 5) is 11.9. The van der Waals surface area contributed by atoms with E-state index in [1.165, 1.54) is 0 Å². The normalized spacial score (nSPS) is 21.2. The number of carbonyl (C=O) groups is 1. The van der Waals surface area contributed by atoms with Crippen LogP contribution in [0.15, 0.2) is 10.5 Å². The van der Waals surface area contributed by atoms with Gasteiger partial charge in [-0.15, -0.1) is 0 Å². The highest BCUT2D eigenvalue weighted by Gasteiger charge is 2.28. The Balaban J connectivity index is 1.80. The molecule has 0 aromatic carbocycles. The van der Waals surface area contributed by atoms with Crippen molar-refractivity contribution in [3.8, 4) is 0 Å². The van der Waals surface area contributed by atoms with Gasteiger partial charge in [-0.1, -0.05) is 0 Å². The van der Waals surface area contributed by atoms with Gasteiger partial charge in [0.05, 0.1) is 12.6 Å². The van der Waals surface area contributed by atoms with Crippen molar-refractivity contribution in [2.24, 2.45) is 0 Å². The summed E-state index contributed by atoms with van der Waals surface area (Å²) in [5.41, 5.74) is -0.402. The first kappa shape index (κ1) is 16.0. The highest BCUT2D eigenvalue weighted by molar-refractivity contribution is 5.76. The highest BCUT2D eigenvalue weighted by atomic mass is 16.5. The second-order valence-corrected chi connectivity index (χ2v) is 6.05. The van der Waals surface area contributed by atoms with Gasteiger partial charge in [0, 0.05) is 18.6 Å². The molecule has 5 heteroatoms. The summed E-state index contributed by atoms with van der Waals surface area (Å²) in [6, 6.07) is 1.81. The van der Waals surface area contributed by atoms with Crippen LogP contribution in [0.5, 0.6) is 0 Å². The van der Waals surface area contributed by atoms with Gasteiger partial charge in [0.25, 0.3) is 0 Å². The molecule has 1 amide bonds. The number of hydrogen-bond donors (Lipinski definition) is 2. The first-order valence-electron chi connectivity index (χ1n) is 7.56. The largest absolute Gasteiger partial charge is 0.466 e. The lowest BCUT2D eigenvalue weighted by atomic mass is 9.96. The molecule has 118 valence electrons. The Morgan fingerprint density at radius 2 is 2.29 bits per heavy atom. The third kappa shape index (κ3) is 4.32. The second kappa shape index (κ2) is 6.62. The van der Waals surface area contributed by atoms with E-state index in [4.69, 9.17) is 9.15 Å². The van der Waals surface area contributed by atoms with Crippen LogP contribution in [0.2, 0.25) is 0 Å². The molecule has 0 bridgehead atoms.